The Bertz CT molecular complexity index is 497. The molecule has 2 nitrogen and oxygen atoms in total. The average molecular weight is 269 g/mol. The first-order valence-electron chi connectivity index (χ1n) is 4.38. The van der Waals surface area contributed by atoms with Crippen LogP contribution in [0.15, 0.2) is 12.1 Å². The molecule has 0 fully saturated rings. The molecule has 0 heterocycles. The molecule has 0 aliphatic carbocycles. The maximum atomic E-state index is 12.5. The topological polar surface area (TPSA) is 33.0 Å². The molecule has 0 aliphatic heterocycles. The van der Waals surface area contributed by atoms with Gasteiger partial charge < -0.3 is 4.74 Å². The smallest absolute Gasteiger partial charge is 0.420 e. The van der Waals surface area contributed by atoms with E-state index in [9.17, 15) is 26.3 Å². The Morgan fingerprint density at radius 2 is 1.44 bits per heavy atom. The predicted molar refractivity (Wildman–Crippen MR) is 47.7 cm³/mol. The highest BCUT2D eigenvalue weighted by Gasteiger charge is 2.41. The minimum Gasteiger partial charge on any atom is -0.495 e. The molecule has 0 saturated heterocycles. The van der Waals surface area contributed by atoms with Crippen LogP contribution >= 0.6 is 0 Å². The van der Waals surface area contributed by atoms with Gasteiger partial charge in [-0.2, -0.15) is 31.6 Å². The number of nitriles is 1. The van der Waals surface area contributed by atoms with E-state index in [2.05, 4.69) is 4.74 Å². The first-order chi connectivity index (χ1) is 8.12. The summed E-state index contributed by atoms with van der Waals surface area (Å²) in [4.78, 5) is 0. The summed E-state index contributed by atoms with van der Waals surface area (Å²) in [6.07, 6.45) is -9.83. The van der Waals surface area contributed by atoms with E-state index in [1.165, 1.54) is 0 Å². The van der Waals surface area contributed by atoms with Crippen molar-refractivity contribution in [3.8, 4) is 11.8 Å². The van der Waals surface area contributed by atoms with Crippen molar-refractivity contribution in [2.75, 3.05) is 7.11 Å². The molecule has 0 unspecified atom stereocenters. The SMILES string of the molecule is COc1c(C(F)(F)F)ccc(C(F)(F)F)c1C#N. The summed E-state index contributed by atoms with van der Waals surface area (Å²) in [5, 5.41) is 8.59. The molecular formula is C10H5F6NO. The van der Waals surface area contributed by atoms with Crippen molar-refractivity contribution in [3.05, 3.63) is 28.8 Å². The van der Waals surface area contributed by atoms with Gasteiger partial charge in [-0.3, -0.25) is 0 Å². The van der Waals surface area contributed by atoms with Crippen molar-refractivity contribution in [1.82, 2.24) is 0 Å². The summed E-state index contributed by atoms with van der Waals surface area (Å²) in [7, 11) is 0.769. The molecule has 0 atom stereocenters. The van der Waals surface area contributed by atoms with Gasteiger partial charge in [-0.1, -0.05) is 0 Å². The van der Waals surface area contributed by atoms with Crippen LogP contribution in [0.1, 0.15) is 16.7 Å². The molecule has 1 aromatic rings. The van der Waals surface area contributed by atoms with Gasteiger partial charge in [0.15, 0.2) is 0 Å². The first kappa shape index (κ1) is 14.2. The molecule has 0 aliphatic rings. The summed E-state index contributed by atoms with van der Waals surface area (Å²) in [6.45, 7) is 0. The average Bonchev–Trinajstić information content (AvgIpc) is 2.24. The third-order valence-corrected chi connectivity index (χ3v) is 2.08. The summed E-state index contributed by atoms with van der Waals surface area (Å²) in [6, 6.07) is 1.54. The Hall–Kier alpha value is -1.91. The van der Waals surface area contributed by atoms with E-state index in [0.717, 1.165) is 13.2 Å². The lowest BCUT2D eigenvalue weighted by Crippen LogP contribution is -2.14. The second-order valence-corrected chi connectivity index (χ2v) is 3.18. The fraction of sp³-hybridized carbons (Fsp3) is 0.300. The summed E-state index contributed by atoms with van der Waals surface area (Å²) < 4.78 is 79.3. The zero-order chi connectivity index (χ0) is 14.1. The van der Waals surface area contributed by atoms with Crippen LogP contribution in [-0.4, -0.2) is 7.11 Å². The van der Waals surface area contributed by atoms with E-state index in [1.807, 2.05) is 0 Å². The summed E-state index contributed by atoms with van der Waals surface area (Å²) in [5.41, 5.74) is -4.07. The van der Waals surface area contributed by atoms with E-state index in [4.69, 9.17) is 5.26 Å². The number of benzene rings is 1. The lowest BCUT2D eigenvalue weighted by molar-refractivity contribution is -0.142. The highest BCUT2D eigenvalue weighted by Crippen LogP contribution is 2.42. The van der Waals surface area contributed by atoms with Crippen LogP contribution in [0.4, 0.5) is 26.3 Å². The molecule has 0 saturated carbocycles. The van der Waals surface area contributed by atoms with Crippen molar-refractivity contribution in [3.63, 3.8) is 0 Å². The van der Waals surface area contributed by atoms with Crippen LogP contribution < -0.4 is 4.74 Å². The number of hydrogen-bond acceptors (Lipinski definition) is 2. The van der Waals surface area contributed by atoms with E-state index in [0.29, 0.717) is 0 Å². The van der Waals surface area contributed by atoms with Crippen molar-refractivity contribution >= 4 is 0 Å². The van der Waals surface area contributed by atoms with Gasteiger partial charge in [-0.25, -0.2) is 0 Å². The molecule has 8 heteroatoms. The lowest BCUT2D eigenvalue weighted by atomic mass is 10.0. The predicted octanol–water partition coefficient (Wildman–Crippen LogP) is 3.60. The largest absolute Gasteiger partial charge is 0.495 e. The Morgan fingerprint density at radius 3 is 1.78 bits per heavy atom. The van der Waals surface area contributed by atoms with Crippen molar-refractivity contribution in [2.24, 2.45) is 0 Å². The van der Waals surface area contributed by atoms with Gasteiger partial charge in [0.25, 0.3) is 0 Å². The zero-order valence-corrected chi connectivity index (χ0v) is 8.78. The molecule has 1 rings (SSSR count). The van der Waals surface area contributed by atoms with Crippen LogP contribution in [0, 0.1) is 11.3 Å². The van der Waals surface area contributed by atoms with Gasteiger partial charge in [0, 0.05) is 0 Å². The van der Waals surface area contributed by atoms with E-state index < -0.39 is 34.8 Å². The Labute approximate surface area is 97.4 Å². The lowest BCUT2D eigenvalue weighted by Gasteiger charge is -2.16. The number of hydrogen-bond donors (Lipinski definition) is 0. The second-order valence-electron chi connectivity index (χ2n) is 3.18. The van der Waals surface area contributed by atoms with Crippen LogP contribution in [0.3, 0.4) is 0 Å². The van der Waals surface area contributed by atoms with Crippen LogP contribution in [0.5, 0.6) is 5.75 Å². The number of alkyl halides is 6. The monoisotopic (exact) mass is 269 g/mol. The van der Waals surface area contributed by atoms with Crippen molar-refractivity contribution in [1.29, 1.82) is 5.26 Å². The highest BCUT2D eigenvalue weighted by atomic mass is 19.4. The Kier molecular flexibility index (Phi) is 3.46. The molecule has 1 aromatic carbocycles. The van der Waals surface area contributed by atoms with Gasteiger partial charge in [-0.05, 0) is 12.1 Å². The molecule has 18 heavy (non-hydrogen) atoms. The molecule has 0 aromatic heterocycles. The maximum absolute atomic E-state index is 12.5. The molecule has 0 amide bonds. The van der Waals surface area contributed by atoms with Crippen LogP contribution in [0.25, 0.3) is 0 Å². The van der Waals surface area contributed by atoms with Gasteiger partial charge >= 0.3 is 12.4 Å². The Morgan fingerprint density at radius 1 is 1.00 bits per heavy atom. The minimum absolute atomic E-state index is 0.212. The molecule has 0 spiro atoms. The first-order valence-corrected chi connectivity index (χ1v) is 4.38. The summed E-state index contributed by atoms with van der Waals surface area (Å²) >= 11 is 0. The second kappa shape index (κ2) is 4.40. The van der Waals surface area contributed by atoms with Crippen molar-refractivity contribution < 1.29 is 31.1 Å². The Balaban J connectivity index is 3.64. The standard InChI is InChI=1S/C10H5F6NO/c1-18-8-5(4-17)6(9(11,12)13)2-3-7(8)10(14,15)16/h2-3H,1H3. The van der Waals surface area contributed by atoms with E-state index in [-0.39, 0.29) is 12.1 Å². The van der Waals surface area contributed by atoms with E-state index in [1.54, 1.807) is 0 Å². The third kappa shape index (κ3) is 2.50. The van der Waals surface area contributed by atoms with Gasteiger partial charge in [0.2, 0.25) is 0 Å². The molecule has 98 valence electrons. The number of nitrogens with zero attached hydrogens (tertiary/aromatic N) is 1. The molecular weight excluding hydrogens is 264 g/mol. The van der Waals surface area contributed by atoms with Crippen LogP contribution in [0.2, 0.25) is 0 Å². The minimum atomic E-state index is -4.93. The quantitative estimate of drug-likeness (QED) is 0.730. The van der Waals surface area contributed by atoms with Gasteiger partial charge in [0.05, 0.1) is 18.2 Å². The molecule has 0 radical (unpaired) electrons. The maximum Gasteiger partial charge on any atom is 0.420 e. The molecule has 0 bridgehead atoms. The zero-order valence-electron chi connectivity index (χ0n) is 8.78. The normalized spacial score (nSPS) is 12.1. The van der Waals surface area contributed by atoms with Crippen molar-refractivity contribution in [2.45, 2.75) is 12.4 Å². The fourth-order valence-electron chi connectivity index (χ4n) is 1.37. The highest BCUT2D eigenvalue weighted by molar-refractivity contribution is 5.55. The van der Waals surface area contributed by atoms with Gasteiger partial charge in [-0.15, -0.1) is 0 Å². The van der Waals surface area contributed by atoms with E-state index >= 15 is 0 Å². The number of halogens is 6. The number of rotatable bonds is 1. The number of methoxy groups -OCH3 is 1. The third-order valence-electron chi connectivity index (χ3n) is 2.08. The van der Waals surface area contributed by atoms with Gasteiger partial charge in [0.1, 0.15) is 17.4 Å². The van der Waals surface area contributed by atoms with Crippen LogP contribution in [-0.2, 0) is 12.4 Å². The fourth-order valence-corrected chi connectivity index (χ4v) is 1.37. The number of ether oxygens (including phenoxy) is 1. The summed E-state index contributed by atoms with van der Waals surface area (Å²) in [5.74, 6) is -1.13. The molecule has 0 N–H and O–H groups in total.